The van der Waals surface area contributed by atoms with Crippen molar-refractivity contribution in [3.05, 3.63) is 23.6 Å². The van der Waals surface area contributed by atoms with Crippen molar-refractivity contribution in [2.45, 2.75) is 6.18 Å². The summed E-state index contributed by atoms with van der Waals surface area (Å²) in [7, 11) is 1.11. The molecule has 0 radical (unpaired) electrons. The topological polar surface area (TPSA) is 22.1 Å². The molecule has 72 valence electrons. The Bertz CT molecular complexity index is 310. The number of pyridine rings is 1. The molecule has 0 spiro atoms. The van der Waals surface area contributed by atoms with Gasteiger partial charge in [0.2, 0.25) is 5.88 Å². The lowest BCUT2D eigenvalue weighted by atomic mass is 10.3. The van der Waals surface area contributed by atoms with Crippen LogP contribution >= 0.6 is 0 Å². The number of methoxy groups -OCH3 is 1. The molecule has 0 N–H and O–H groups in total. The van der Waals surface area contributed by atoms with Gasteiger partial charge in [0.25, 0.3) is 0 Å². The van der Waals surface area contributed by atoms with Gasteiger partial charge < -0.3 is 4.74 Å². The van der Waals surface area contributed by atoms with E-state index in [1.165, 1.54) is 0 Å². The standard InChI is InChI=1S/C7H5F4NO/c1-13-6-3-4(8)2-5(12-6)7(9,10)11/h2-3H,1H3. The van der Waals surface area contributed by atoms with Gasteiger partial charge in [-0.3, -0.25) is 0 Å². The fourth-order valence-corrected chi connectivity index (χ4v) is 0.723. The summed E-state index contributed by atoms with van der Waals surface area (Å²) in [6, 6.07) is 1.08. The molecule has 0 unspecified atom stereocenters. The minimum atomic E-state index is -4.66. The first kappa shape index (κ1) is 9.76. The van der Waals surface area contributed by atoms with Crippen LogP contribution in [0, 0.1) is 5.82 Å². The highest BCUT2D eigenvalue weighted by molar-refractivity contribution is 5.19. The van der Waals surface area contributed by atoms with E-state index in [-0.39, 0.29) is 0 Å². The zero-order chi connectivity index (χ0) is 10.1. The molecule has 0 saturated heterocycles. The lowest BCUT2D eigenvalue weighted by molar-refractivity contribution is -0.141. The van der Waals surface area contributed by atoms with Crippen LogP contribution in [0.15, 0.2) is 12.1 Å². The molecule has 0 aliphatic carbocycles. The summed E-state index contributed by atoms with van der Waals surface area (Å²) >= 11 is 0. The molecular formula is C7H5F4NO. The number of aromatic nitrogens is 1. The summed E-state index contributed by atoms with van der Waals surface area (Å²) in [5.41, 5.74) is -1.30. The number of nitrogens with zero attached hydrogens (tertiary/aromatic N) is 1. The zero-order valence-electron chi connectivity index (χ0n) is 6.52. The molecule has 1 aromatic heterocycles. The molecular weight excluding hydrogens is 190 g/mol. The number of ether oxygens (including phenoxy) is 1. The summed E-state index contributed by atoms with van der Waals surface area (Å²) in [6.07, 6.45) is -4.66. The fraction of sp³-hybridized carbons (Fsp3) is 0.286. The van der Waals surface area contributed by atoms with Gasteiger partial charge in [-0.05, 0) is 0 Å². The average molecular weight is 195 g/mol. The third-order valence-corrected chi connectivity index (χ3v) is 1.27. The minimum absolute atomic E-state index is 0.308. The number of halogens is 4. The lowest BCUT2D eigenvalue weighted by Crippen LogP contribution is -2.09. The summed E-state index contributed by atoms with van der Waals surface area (Å²) in [4.78, 5) is 3.04. The highest BCUT2D eigenvalue weighted by atomic mass is 19.4. The van der Waals surface area contributed by atoms with Gasteiger partial charge in [-0.1, -0.05) is 0 Å². The molecule has 0 amide bonds. The lowest BCUT2D eigenvalue weighted by Gasteiger charge is -2.06. The van der Waals surface area contributed by atoms with Crippen molar-refractivity contribution < 1.29 is 22.3 Å². The Kier molecular flexibility index (Phi) is 2.40. The summed E-state index contributed by atoms with van der Waals surface area (Å²) in [5.74, 6) is -1.42. The van der Waals surface area contributed by atoms with Crippen molar-refractivity contribution in [1.29, 1.82) is 0 Å². The second kappa shape index (κ2) is 3.20. The van der Waals surface area contributed by atoms with E-state index in [9.17, 15) is 17.6 Å². The van der Waals surface area contributed by atoms with Gasteiger partial charge in [0.15, 0.2) is 5.69 Å². The maximum absolute atomic E-state index is 12.5. The second-order valence-electron chi connectivity index (χ2n) is 2.21. The summed E-state index contributed by atoms with van der Waals surface area (Å²) < 4.78 is 52.9. The highest BCUT2D eigenvalue weighted by Crippen LogP contribution is 2.29. The van der Waals surface area contributed by atoms with Crippen LogP contribution in [0.4, 0.5) is 17.6 Å². The minimum Gasteiger partial charge on any atom is -0.481 e. The van der Waals surface area contributed by atoms with E-state index in [4.69, 9.17) is 0 Å². The van der Waals surface area contributed by atoms with Crippen LogP contribution < -0.4 is 4.74 Å². The van der Waals surface area contributed by atoms with Crippen LogP contribution in [0.1, 0.15) is 5.69 Å². The van der Waals surface area contributed by atoms with E-state index in [1.807, 2.05) is 0 Å². The highest BCUT2D eigenvalue weighted by Gasteiger charge is 2.33. The molecule has 0 aliphatic heterocycles. The first-order valence-corrected chi connectivity index (χ1v) is 3.22. The average Bonchev–Trinajstić information content (AvgIpc) is 2.01. The molecule has 2 nitrogen and oxygen atoms in total. The molecule has 13 heavy (non-hydrogen) atoms. The number of hydrogen-bond acceptors (Lipinski definition) is 2. The summed E-state index contributed by atoms with van der Waals surface area (Å²) in [5, 5.41) is 0. The van der Waals surface area contributed by atoms with Crippen molar-refractivity contribution in [2.24, 2.45) is 0 Å². The van der Waals surface area contributed by atoms with Crippen molar-refractivity contribution in [3.63, 3.8) is 0 Å². The largest absolute Gasteiger partial charge is 0.481 e. The van der Waals surface area contributed by atoms with E-state index in [0.717, 1.165) is 13.2 Å². The molecule has 0 aromatic carbocycles. The number of rotatable bonds is 1. The predicted molar refractivity (Wildman–Crippen MR) is 35.7 cm³/mol. The molecule has 1 heterocycles. The van der Waals surface area contributed by atoms with Crippen LogP contribution in [0.3, 0.4) is 0 Å². The van der Waals surface area contributed by atoms with Gasteiger partial charge in [-0.25, -0.2) is 9.37 Å². The van der Waals surface area contributed by atoms with Crippen LogP contribution in [-0.2, 0) is 6.18 Å². The molecule has 1 rings (SSSR count). The monoisotopic (exact) mass is 195 g/mol. The molecule has 0 aliphatic rings. The third kappa shape index (κ3) is 2.30. The molecule has 0 bridgehead atoms. The Hall–Kier alpha value is -1.33. The van der Waals surface area contributed by atoms with Gasteiger partial charge in [-0.2, -0.15) is 13.2 Å². The van der Waals surface area contributed by atoms with Crippen LogP contribution in [0.5, 0.6) is 5.88 Å². The Morgan fingerprint density at radius 1 is 1.31 bits per heavy atom. The van der Waals surface area contributed by atoms with E-state index in [1.54, 1.807) is 0 Å². The van der Waals surface area contributed by atoms with Crippen molar-refractivity contribution in [3.8, 4) is 5.88 Å². The summed E-state index contributed by atoms with van der Waals surface area (Å²) in [6.45, 7) is 0. The Labute approximate surface area is 71.2 Å². The van der Waals surface area contributed by atoms with E-state index < -0.39 is 23.6 Å². The Balaban J connectivity index is 3.16. The normalized spacial score (nSPS) is 11.5. The van der Waals surface area contributed by atoms with Crippen LogP contribution in [0.25, 0.3) is 0 Å². The van der Waals surface area contributed by atoms with Crippen molar-refractivity contribution in [1.82, 2.24) is 4.98 Å². The molecule has 1 aromatic rings. The quantitative estimate of drug-likeness (QED) is 0.641. The number of hydrogen-bond donors (Lipinski definition) is 0. The number of alkyl halides is 3. The smallest absolute Gasteiger partial charge is 0.433 e. The Morgan fingerprint density at radius 2 is 1.92 bits per heavy atom. The van der Waals surface area contributed by atoms with Gasteiger partial charge in [-0.15, -0.1) is 0 Å². The van der Waals surface area contributed by atoms with E-state index >= 15 is 0 Å². The molecule has 0 fully saturated rings. The SMILES string of the molecule is COc1cc(F)cc(C(F)(F)F)n1. The van der Waals surface area contributed by atoms with Crippen molar-refractivity contribution >= 4 is 0 Å². The van der Waals surface area contributed by atoms with E-state index in [0.29, 0.717) is 6.07 Å². The second-order valence-corrected chi connectivity index (χ2v) is 2.21. The van der Waals surface area contributed by atoms with Gasteiger partial charge in [0.05, 0.1) is 7.11 Å². The predicted octanol–water partition coefficient (Wildman–Crippen LogP) is 2.25. The first-order valence-electron chi connectivity index (χ1n) is 3.22. The molecule has 0 atom stereocenters. The zero-order valence-corrected chi connectivity index (χ0v) is 6.52. The van der Waals surface area contributed by atoms with Gasteiger partial charge >= 0.3 is 6.18 Å². The fourth-order valence-electron chi connectivity index (χ4n) is 0.723. The third-order valence-electron chi connectivity index (χ3n) is 1.27. The maximum atomic E-state index is 12.5. The van der Waals surface area contributed by atoms with E-state index in [2.05, 4.69) is 9.72 Å². The first-order chi connectivity index (χ1) is 5.93. The molecule has 0 saturated carbocycles. The Morgan fingerprint density at radius 3 is 2.38 bits per heavy atom. The van der Waals surface area contributed by atoms with Gasteiger partial charge in [0, 0.05) is 12.1 Å². The van der Waals surface area contributed by atoms with Crippen molar-refractivity contribution in [2.75, 3.05) is 7.11 Å². The van der Waals surface area contributed by atoms with Crippen LogP contribution in [0.2, 0.25) is 0 Å². The molecule has 6 heteroatoms. The maximum Gasteiger partial charge on any atom is 0.433 e. The van der Waals surface area contributed by atoms with Gasteiger partial charge in [0.1, 0.15) is 5.82 Å². The van der Waals surface area contributed by atoms with Crippen LogP contribution in [-0.4, -0.2) is 12.1 Å².